The fourth-order valence-corrected chi connectivity index (χ4v) is 3.47. The lowest BCUT2D eigenvalue weighted by molar-refractivity contribution is -0.119. The average Bonchev–Trinajstić information content (AvgIpc) is 3.11. The number of benzene rings is 1. The number of nitrogen functional groups attached to an aromatic ring is 1. The second-order valence-corrected chi connectivity index (χ2v) is 7.56. The molecule has 3 N–H and O–H groups in total. The third-order valence-electron chi connectivity index (χ3n) is 4.13. The van der Waals surface area contributed by atoms with Crippen molar-refractivity contribution in [2.24, 2.45) is 0 Å². The topological polar surface area (TPSA) is 99.2 Å². The van der Waals surface area contributed by atoms with E-state index in [2.05, 4.69) is 10.4 Å². The summed E-state index contributed by atoms with van der Waals surface area (Å²) in [5.74, 6) is 0.357. The molecule has 2 heterocycles. The monoisotopic (exact) mass is 398 g/mol. The molecule has 7 nitrogen and oxygen atoms in total. The third kappa shape index (κ3) is 4.23. The lowest BCUT2D eigenvalue weighted by Gasteiger charge is -2.16. The van der Waals surface area contributed by atoms with Crippen LogP contribution in [0.25, 0.3) is 10.6 Å². The van der Waals surface area contributed by atoms with Gasteiger partial charge in [0.1, 0.15) is 23.2 Å². The predicted octanol–water partition coefficient (Wildman–Crippen LogP) is 3.46. The van der Waals surface area contributed by atoms with Gasteiger partial charge in [-0.25, -0.2) is 4.68 Å². The fourth-order valence-electron chi connectivity index (χ4n) is 2.65. The number of hydrogen-bond donors (Lipinski definition) is 2. The first-order valence-corrected chi connectivity index (χ1v) is 9.70. The summed E-state index contributed by atoms with van der Waals surface area (Å²) in [6, 6.07) is 11.6. The molecule has 3 rings (SSSR count). The van der Waals surface area contributed by atoms with E-state index in [1.165, 1.54) is 0 Å². The maximum Gasteiger partial charge on any atom is 0.290 e. The van der Waals surface area contributed by atoms with Gasteiger partial charge in [0.05, 0.1) is 11.5 Å². The number of hydrogen-bond acceptors (Lipinski definition) is 6. The summed E-state index contributed by atoms with van der Waals surface area (Å²) in [5, 5.41) is 7.16. The van der Waals surface area contributed by atoms with Crippen molar-refractivity contribution in [1.82, 2.24) is 9.78 Å². The number of rotatable bonds is 6. The molecular weight excluding hydrogens is 376 g/mol. The molecule has 3 aromatic rings. The van der Waals surface area contributed by atoms with Gasteiger partial charge in [0.2, 0.25) is 5.91 Å². The Morgan fingerprint density at radius 3 is 2.61 bits per heavy atom. The van der Waals surface area contributed by atoms with Crippen LogP contribution in [0.4, 0.5) is 11.4 Å². The molecule has 2 aromatic heterocycles. The summed E-state index contributed by atoms with van der Waals surface area (Å²) in [5.41, 5.74) is 6.61. The molecule has 0 spiro atoms. The van der Waals surface area contributed by atoms with Crippen molar-refractivity contribution in [3.63, 3.8) is 0 Å². The van der Waals surface area contributed by atoms with Crippen molar-refractivity contribution >= 4 is 28.6 Å². The summed E-state index contributed by atoms with van der Waals surface area (Å²) in [7, 11) is 0. The zero-order valence-electron chi connectivity index (χ0n) is 15.9. The molecule has 0 radical (unpaired) electrons. The Morgan fingerprint density at radius 2 is 2.00 bits per heavy atom. The highest BCUT2D eigenvalue weighted by molar-refractivity contribution is 7.15. The van der Waals surface area contributed by atoms with E-state index in [4.69, 9.17) is 10.5 Å². The first-order chi connectivity index (χ1) is 13.4. The number of aryl methyl sites for hydroxylation is 1. The number of thiophene rings is 1. The van der Waals surface area contributed by atoms with Crippen molar-refractivity contribution in [2.45, 2.75) is 26.8 Å². The van der Waals surface area contributed by atoms with Gasteiger partial charge in [0.15, 0.2) is 0 Å². The highest BCUT2D eigenvalue weighted by Gasteiger charge is 2.20. The zero-order valence-corrected chi connectivity index (χ0v) is 16.7. The summed E-state index contributed by atoms with van der Waals surface area (Å²) < 4.78 is 6.52. The lowest BCUT2D eigenvalue weighted by atomic mass is 10.2. The van der Waals surface area contributed by atoms with Crippen molar-refractivity contribution in [3.05, 3.63) is 57.7 Å². The third-order valence-corrected chi connectivity index (χ3v) is 5.16. The SMILES string of the molecule is CCOc1ccc(NC(=O)[C@H](C)n2nc(-c3ccc(C)s3)cc(N)c2=O)cc1. The number of amides is 1. The molecule has 0 bridgehead atoms. The second-order valence-electron chi connectivity index (χ2n) is 6.27. The Kier molecular flexibility index (Phi) is 5.79. The molecule has 0 aliphatic heterocycles. The van der Waals surface area contributed by atoms with Gasteiger partial charge in [-0.1, -0.05) is 0 Å². The van der Waals surface area contributed by atoms with Crippen LogP contribution in [0.1, 0.15) is 24.8 Å². The molecule has 28 heavy (non-hydrogen) atoms. The quantitative estimate of drug-likeness (QED) is 0.662. The van der Waals surface area contributed by atoms with Gasteiger partial charge < -0.3 is 15.8 Å². The van der Waals surface area contributed by atoms with E-state index in [1.807, 2.05) is 26.0 Å². The first kappa shape index (κ1) is 19.6. The Labute approximate surface area is 166 Å². The maximum absolute atomic E-state index is 12.7. The van der Waals surface area contributed by atoms with Crippen molar-refractivity contribution < 1.29 is 9.53 Å². The molecule has 1 atom stereocenters. The van der Waals surface area contributed by atoms with Crippen LogP contribution in [0, 0.1) is 6.92 Å². The van der Waals surface area contributed by atoms with Crippen LogP contribution in [0.15, 0.2) is 47.3 Å². The maximum atomic E-state index is 12.7. The van der Waals surface area contributed by atoms with Crippen molar-refractivity contribution in [2.75, 3.05) is 17.7 Å². The van der Waals surface area contributed by atoms with Crippen LogP contribution in [0.3, 0.4) is 0 Å². The molecule has 1 aromatic carbocycles. The predicted molar refractivity (Wildman–Crippen MR) is 112 cm³/mol. The van der Waals surface area contributed by atoms with Gasteiger partial charge in [-0.15, -0.1) is 11.3 Å². The van der Waals surface area contributed by atoms with Crippen molar-refractivity contribution in [3.8, 4) is 16.3 Å². The van der Waals surface area contributed by atoms with Crippen LogP contribution in [0.5, 0.6) is 5.75 Å². The first-order valence-electron chi connectivity index (χ1n) is 8.89. The number of nitrogens with zero attached hydrogens (tertiary/aromatic N) is 2. The summed E-state index contributed by atoms with van der Waals surface area (Å²) in [4.78, 5) is 27.1. The van der Waals surface area contributed by atoms with Crippen LogP contribution < -0.4 is 21.3 Å². The van der Waals surface area contributed by atoms with E-state index in [9.17, 15) is 9.59 Å². The highest BCUT2D eigenvalue weighted by Crippen LogP contribution is 2.26. The molecule has 0 saturated heterocycles. The molecule has 1 amide bonds. The smallest absolute Gasteiger partial charge is 0.290 e. The van der Waals surface area contributed by atoms with Gasteiger partial charge >= 0.3 is 0 Å². The van der Waals surface area contributed by atoms with Gasteiger partial charge in [-0.3, -0.25) is 9.59 Å². The zero-order chi connectivity index (χ0) is 20.3. The van der Waals surface area contributed by atoms with E-state index in [0.29, 0.717) is 18.0 Å². The summed E-state index contributed by atoms with van der Waals surface area (Å²) >= 11 is 1.55. The molecule has 146 valence electrons. The van der Waals surface area contributed by atoms with Crippen LogP contribution in [-0.2, 0) is 4.79 Å². The number of carbonyl (C=O) groups is 1. The fraction of sp³-hybridized carbons (Fsp3) is 0.250. The number of nitrogens with two attached hydrogens (primary N) is 1. The van der Waals surface area contributed by atoms with E-state index in [0.717, 1.165) is 20.2 Å². The van der Waals surface area contributed by atoms with Gasteiger partial charge in [-0.2, -0.15) is 5.10 Å². The highest BCUT2D eigenvalue weighted by atomic mass is 32.1. The van der Waals surface area contributed by atoms with Crippen LogP contribution in [0.2, 0.25) is 0 Å². The van der Waals surface area contributed by atoms with E-state index < -0.39 is 11.6 Å². The minimum atomic E-state index is -0.831. The van der Waals surface area contributed by atoms with E-state index >= 15 is 0 Å². The van der Waals surface area contributed by atoms with E-state index in [1.54, 1.807) is 48.6 Å². The minimum Gasteiger partial charge on any atom is -0.494 e. The largest absolute Gasteiger partial charge is 0.494 e. The number of nitrogens with one attached hydrogen (secondary N) is 1. The Balaban J connectivity index is 1.84. The Morgan fingerprint density at radius 1 is 1.29 bits per heavy atom. The van der Waals surface area contributed by atoms with Crippen LogP contribution in [-0.4, -0.2) is 22.3 Å². The number of ether oxygens (including phenoxy) is 1. The standard InChI is InChI=1S/C20H22N4O3S/c1-4-27-15-8-6-14(7-9-15)22-19(25)13(3)24-20(26)16(21)11-17(23-24)18-10-5-12(2)28-18/h5-11,13H,4,21H2,1-3H3,(H,22,25)/t13-/m0/s1. The summed E-state index contributed by atoms with van der Waals surface area (Å²) in [6.07, 6.45) is 0. The van der Waals surface area contributed by atoms with Crippen molar-refractivity contribution in [1.29, 1.82) is 0 Å². The molecule has 0 fully saturated rings. The summed E-state index contributed by atoms with van der Waals surface area (Å²) in [6.45, 7) is 6.07. The van der Waals surface area contributed by atoms with Gasteiger partial charge in [0.25, 0.3) is 5.56 Å². The number of anilines is 2. The minimum absolute atomic E-state index is 0.0526. The number of aromatic nitrogens is 2. The lowest BCUT2D eigenvalue weighted by Crippen LogP contribution is -2.34. The van der Waals surface area contributed by atoms with Crippen LogP contribution >= 0.6 is 11.3 Å². The molecular formula is C20H22N4O3S. The van der Waals surface area contributed by atoms with Gasteiger partial charge in [0, 0.05) is 10.6 Å². The normalized spacial score (nSPS) is 11.8. The Bertz CT molecular complexity index is 1040. The second kappa shape index (κ2) is 8.26. The molecule has 0 aliphatic carbocycles. The van der Waals surface area contributed by atoms with Gasteiger partial charge in [-0.05, 0) is 63.2 Å². The molecule has 8 heteroatoms. The molecule has 0 saturated carbocycles. The molecule has 0 aliphatic rings. The average molecular weight is 398 g/mol. The Hall–Kier alpha value is -3.13. The number of carbonyl (C=O) groups excluding carboxylic acids is 1. The molecule has 0 unspecified atom stereocenters. The van der Waals surface area contributed by atoms with E-state index in [-0.39, 0.29) is 11.6 Å².